The van der Waals surface area contributed by atoms with Gasteiger partial charge >= 0.3 is 0 Å². The maximum Gasteiger partial charge on any atom is 0.221 e. The second-order valence-corrected chi connectivity index (χ2v) is 4.75. The number of carbonyl (C=O) groups is 1. The van der Waals surface area contributed by atoms with Crippen LogP contribution in [0.25, 0.3) is 0 Å². The molecule has 0 aliphatic rings. The SMILES string of the molecule is CC(C)CNC(=O)CCNCc1ccccc1O. The standard InChI is InChI=1S/C14H22N2O2/c1-11(2)9-16-14(18)7-8-15-10-12-5-3-4-6-13(12)17/h3-6,11,15,17H,7-10H2,1-2H3,(H,16,18). The average molecular weight is 250 g/mol. The van der Waals surface area contributed by atoms with Gasteiger partial charge < -0.3 is 15.7 Å². The van der Waals surface area contributed by atoms with Gasteiger partial charge in [-0.15, -0.1) is 0 Å². The molecule has 0 atom stereocenters. The molecule has 1 aromatic carbocycles. The first-order chi connectivity index (χ1) is 8.59. The predicted molar refractivity (Wildman–Crippen MR) is 72.3 cm³/mol. The van der Waals surface area contributed by atoms with Crippen LogP contribution in [0.15, 0.2) is 24.3 Å². The van der Waals surface area contributed by atoms with Crippen molar-refractivity contribution in [2.75, 3.05) is 13.1 Å². The van der Waals surface area contributed by atoms with E-state index in [0.717, 1.165) is 12.1 Å². The van der Waals surface area contributed by atoms with E-state index in [1.165, 1.54) is 0 Å². The number of hydrogen-bond acceptors (Lipinski definition) is 3. The molecule has 1 aromatic rings. The highest BCUT2D eigenvalue weighted by Gasteiger charge is 2.02. The molecule has 0 unspecified atom stereocenters. The molecule has 0 heterocycles. The summed E-state index contributed by atoms with van der Waals surface area (Å²) in [5.41, 5.74) is 0.847. The molecule has 18 heavy (non-hydrogen) atoms. The summed E-state index contributed by atoms with van der Waals surface area (Å²) in [5, 5.41) is 15.5. The minimum absolute atomic E-state index is 0.0634. The maximum atomic E-state index is 11.4. The van der Waals surface area contributed by atoms with E-state index < -0.39 is 0 Å². The normalized spacial score (nSPS) is 10.6. The van der Waals surface area contributed by atoms with E-state index in [1.807, 2.05) is 12.1 Å². The van der Waals surface area contributed by atoms with Crippen LogP contribution < -0.4 is 10.6 Å². The number of phenolic OH excluding ortho intramolecular Hbond substituents is 1. The zero-order valence-electron chi connectivity index (χ0n) is 11.1. The average Bonchev–Trinajstić information content (AvgIpc) is 2.34. The quantitative estimate of drug-likeness (QED) is 0.645. The van der Waals surface area contributed by atoms with E-state index in [2.05, 4.69) is 24.5 Å². The van der Waals surface area contributed by atoms with Gasteiger partial charge in [0, 0.05) is 31.6 Å². The van der Waals surface area contributed by atoms with Gasteiger partial charge in [-0.05, 0) is 12.0 Å². The van der Waals surface area contributed by atoms with Crippen LogP contribution in [-0.2, 0) is 11.3 Å². The summed E-state index contributed by atoms with van der Waals surface area (Å²) in [7, 11) is 0. The van der Waals surface area contributed by atoms with Crippen molar-refractivity contribution < 1.29 is 9.90 Å². The van der Waals surface area contributed by atoms with Crippen LogP contribution in [0, 0.1) is 5.92 Å². The van der Waals surface area contributed by atoms with Gasteiger partial charge in [0.15, 0.2) is 0 Å². The van der Waals surface area contributed by atoms with Crippen LogP contribution in [-0.4, -0.2) is 24.1 Å². The number of para-hydroxylation sites is 1. The van der Waals surface area contributed by atoms with Gasteiger partial charge in [-0.25, -0.2) is 0 Å². The Kier molecular flexibility index (Phi) is 6.22. The molecular weight excluding hydrogens is 228 g/mol. The molecule has 1 amide bonds. The fourth-order valence-corrected chi connectivity index (χ4v) is 1.49. The lowest BCUT2D eigenvalue weighted by Gasteiger charge is -2.09. The second-order valence-electron chi connectivity index (χ2n) is 4.75. The molecule has 1 rings (SSSR count). The minimum Gasteiger partial charge on any atom is -0.508 e. The van der Waals surface area contributed by atoms with Crippen molar-refractivity contribution in [3.63, 3.8) is 0 Å². The highest BCUT2D eigenvalue weighted by Crippen LogP contribution is 2.14. The maximum absolute atomic E-state index is 11.4. The van der Waals surface area contributed by atoms with E-state index in [4.69, 9.17) is 0 Å². The molecule has 0 saturated heterocycles. The van der Waals surface area contributed by atoms with Gasteiger partial charge in [-0.3, -0.25) is 4.79 Å². The van der Waals surface area contributed by atoms with Gasteiger partial charge in [0.1, 0.15) is 5.75 Å². The third kappa shape index (κ3) is 5.68. The molecule has 0 aliphatic carbocycles. The van der Waals surface area contributed by atoms with E-state index in [0.29, 0.717) is 25.4 Å². The third-order valence-electron chi connectivity index (χ3n) is 2.54. The Morgan fingerprint density at radius 2 is 2.06 bits per heavy atom. The van der Waals surface area contributed by atoms with E-state index in [1.54, 1.807) is 12.1 Å². The lowest BCUT2D eigenvalue weighted by atomic mass is 10.2. The Morgan fingerprint density at radius 1 is 1.33 bits per heavy atom. The molecular formula is C14H22N2O2. The molecule has 100 valence electrons. The molecule has 0 aromatic heterocycles. The van der Waals surface area contributed by atoms with Crippen LogP contribution in [0.4, 0.5) is 0 Å². The van der Waals surface area contributed by atoms with Crippen LogP contribution >= 0.6 is 0 Å². The van der Waals surface area contributed by atoms with Crippen molar-refractivity contribution in [3.8, 4) is 5.75 Å². The second kappa shape index (κ2) is 7.71. The largest absolute Gasteiger partial charge is 0.508 e. The van der Waals surface area contributed by atoms with Gasteiger partial charge in [0.2, 0.25) is 5.91 Å². The van der Waals surface area contributed by atoms with Crippen molar-refractivity contribution in [3.05, 3.63) is 29.8 Å². The number of aromatic hydroxyl groups is 1. The van der Waals surface area contributed by atoms with Crippen molar-refractivity contribution in [1.82, 2.24) is 10.6 Å². The summed E-state index contributed by atoms with van der Waals surface area (Å²) in [6.07, 6.45) is 0.459. The monoisotopic (exact) mass is 250 g/mol. The highest BCUT2D eigenvalue weighted by molar-refractivity contribution is 5.76. The fourth-order valence-electron chi connectivity index (χ4n) is 1.49. The van der Waals surface area contributed by atoms with Crippen LogP contribution in [0.5, 0.6) is 5.75 Å². The molecule has 0 saturated carbocycles. The smallest absolute Gasteiger partial charge is 0.221 e. The molecule has 4 heteroatoms. The van der Waals surface area contributed by atoms with Crippen molar-refractivity contribution in [2.24, 2.45) is 5.92 Å². The highest BCUT2D eigenvalue weighted by atomic mass is 16.3. The lowest BCUT2D eigenvalue weighted by molar-refractivity contribution is -0.121. The van der Waals surface area contributed by atoms with Crippen molar-refractivity contribution in [2.45, 2.75) is 26.8 Å². The van der Waals surface area contributed by atoms with E-state index >= 15 is 0 Å². The Labute approximate surface area is 108 Å². The predicted octanol–water partition coefficient (Wildman–Crippen LogP) is 1.64. The number of hydrogen-bond donors (Lipinski definition) is 3. The first-order valence-electron chi connectivity index (χ1n) is 6.34. The minimum atomic E-state index is 0.0634. The number of amides is 1. The number of nitrogens with one attached hydrogen (secondary N) is 2. The number of carbonyl (C=O) groups excluding carboxylic acids is 1. The van der Waals surface area contributed by atoms with E-state index in [-0.39, 0.29) is 11.7 Å². The summed E-state index contributed by atoms with van der Waals surface area (Å²) < 4.78 is 0. The Hall–Kier alpha value is -1.55. The Balaban J connectivity index is 2.15. The van der Waals surface area contributed by atoms with Crippen LogP contribution in [0.2, 0.25) is 0 Å². The zero-order chi connectivity index (χ0) is 13.4. The van der Waals surface area contributed by atoms with Crippen LogP contribution in [0.3, 0.4) is 0 Å². The van der Waals surface area contributed by atoms with Gasteiger partial charge in [-0.2, -0.15) is 0 Å². The summed E-state index contributed by atoms with van der Waals surface area (Å²) in [6, 6.07) is 7.19. The molecule has 0 spiro atoms. The Morgan fingerprint density at radius 3 is 2.72 bits per heavy atom. The van der Waals surface area contributed by atoms with Gasteiger partial charge in [-0.1, -0.05) is 32.0 Å². The number of rotatable bonds is 7. The topological polar surface area (TPSA) is 61.4 Å². The molecule has 0 aliphatic heterocycles. The summed E-state index contributed by atoms with van der Waals surface area (Å²) >= 11 is 0. The third-order valence-corrected chi connectivity index (χ3v) is 2.54. The molecule has 0 fully saturated rings. The lowest BCUT2D eigenvalue weighted by Crippen LogP contribution is -2.30. The Bertz CT molecular complexity index is 378. The fraction of sp³-hybridized carbons (Fsp3) is 0.500. The zero-order valence-corrected chi connectivity index (χ0v) is 11.1. The summed E-state index contributed by atoms with van der Waals surface area (Å²) in [6.45, 7) is 6.04. The molecule has 4 nitrogen and oxygen atoms in total. The summed E-state index contributed by atoms with van der Waals surface area (Å²) in [4.78, 5) is 11.4. The van der Waals surface area contributed by atoms with Crippen molar-refractivity contribution in [1.29, 1.82) is 0 Å². The first-order valence-corrected chi connectivity index (χ1v) is 6.34. The van der Waals surface area contributed by atoms with Gasteiger partial charge in [0.05, 0.1) is 0 Å². The molecule has 0 bridgehead atoms. The van der Waals surface area contributed by atoms with Gasteiger partial charge in [0.25, 0.3) is 0 Å². The first kappa shape index (κ1) is 14.5. The summed E-state index contributed by atoms with van der Waals surface area (Å²) in [5.74, 6) is 0.825. The molecule has 0 radical (unpaired) electrons. The number of benzene rings is 1. The van der Waals surface area contributed by atoms with Crippen LogP contribution in [0.1, 0.15) is 25.8 Å². The number of phenols is 1. The van der Waals surface area contributed by atoms with E-state index in [9.17, 15) is 9.90 Å². The molecule has 3 N–H and O–H groups in total. The van der Waals surface area contributed by atoms with Crippen molar-refractivity contribution >= 4 is 5.91 Å².